The average molecular weight is 277 g/mol. The van der Waals surface area contributed by atoms with Crippen LogP contribution in [0.15, 0.2) is 42.7 Å². The molecule has 5 nitrogen and oxygen atoms in total. The van der Waals surface area contributed by atoms with Crippen molar-refractivity contribution < 1.29 is 14.0 Å². The molecule has 1 aromatic rings. The van der Waals surface area contributed by atoms with E-state index in [0.717, 1.165) is 0 Å². The average Bonchev–Trinajstić information content (AvgIpc) is 2.41. The summed E-state index contributed by atoms with van der Waals surface area (Å²) in [5, 5.41) is 5.13. The number of likely N-dealkylation sites (N-methyl/N-ethyl adjacent to an activating group) is 1. The Morgan fingerprint density at radius 3 is 2.65 bits per heavy atom. The van der Waals surface area contributed by atoms with Crippen molar-refractivity contribution in [3.05, 3.63) is 48.5 Å². The van der Waals surface area contributed by atoms with Crippen LogP contribution in [-0.2, 0) is 4.79 Å². The first-order valence-corrected chi connectivity index (χ1v) is 5.94. The lowest BCUT2D eigenvalue weighted by atomic mass is 10.3. The third-order valence-electron chi connectivity index (χ3n) is 2.44. The molecule has 2 N–H and O–H groups in total. The van der Waals surface area contributed by atoms with Gasteiger partial charge < -0.3 is 15.5 Å². The van der Waals surface area contributed by atoms with Gasteiger partial charge in [0.05, 0.1) is 0 Å². The van der Waals surface area contributed by atoms with Crippen LogP contribution in [0.2, 0.25) is 0 Å². The summed E-state index contributed by atoms with van der Waals surface area (Å²) >= 11 is 0. The van der Waals surface area contributed by atoms with Crippen LogP contribution < -0.4 is 10.6 Å². The van der Waals surface area contributed by atoms with Gasteiger partial charge in [0.2, 0.25) is 0 Å². The molecule has 1 aromatic carbocycles. The summed E-state index contributed by atoms with van der Waals surface area (Å²) in [6.07, 6.45) is 1.22. The molecule has 0 aromatic heterocycles. The maximum absolute atomic E-state index is 12.7. The largest absolute Gasteiger partial charge is 0.340 e. The molecule has 0 unspecified atom stereocenters. The molecular weight excluding hydrogens is 261 g/mol. The van der Waals surface area contributed by atoms with Crippen LogP contribution in [-0.4, -0.2) is 37.0 Å². The van der Waals surface area contributed by atoms with Gasteiger partial charge in [0.25, 0.3) is 5.91 Å². The SMILES string of the molecule is C=C=CC(=O)N(C)CCNC(=O)Nc1ccc(F)cc1. The molecule has 0 fully saturated rings. The maximum Gasteiger partial charge on any atom is 0.319 e. The number of carbonyl (C=O) groups excluding carboxylic acids is 2. The van der Waals surface area contributed by atoms with Gasteiger partial charge in [0, 0.05) is 31.9 Å². The van der Waals surface area contributed by atoms with Gasteiger partial charge in [-0.05, 0) is 24.3 Å². The van der Waals surface area contributed by atoms with E-state index in [2.05, 4.69) is 22.9 Å². The van der Waals surface area contributed by atoms with Crippen LogP contribution in [0.4, 0.5) is 14.9 Å². The number of halogens is 1. The third kappa shape index (κ3) is 5.37. The van der Waals surface area contributed by atoms with E-state index in [1.165, 1.54) is 35.2 Å². The Kier molecular flexibility index (Phi) is 6.00. The van der Waals surface area contributed by atoms with Gasteiger partial charge in [-0.3, -0.25) is 4.79 Å². The van der Waals surface area contributed by atoms with E-state index < -0.39 is 6.03 Å². The Morgan fingerprint density at radius 1 is 1.40 bits per heavy atom. The zero-order valence-corrected chi connectivity index (χ0v) is 11.1. The molecule has 0 saturated heterocycles. The van der Waals surface area contributed by atoms with Crippen molar-refractivity contribution in [1.29, 1.82) is 0 Å². The zero-order valence-electron chi connectivity index (χ0n) is 11.1. The molecule has 0 aliphatic rings. The Morgan fingerprint density at radius 2 is 2.05 bits per heavy atom. The molecule has 6 heteroatoms. The minimum Gasteiger partial charge on any atom is -0.340 e. The third-order valence-corrected chi connectivity index (χ3v) is 2.44. The van der Waals surface area contributed by atoms with Gasteiger partial charge in [-0.25, -0.2) is 9.18 Å². The molecule has 0 saturated carbocycles. The van der Waals surface area contributed by atoms with Crippen molar-refractivity contribution in [2.24, 2.45) is 0 Å². The molecule has 0 spiro atoms. The molecule has 1 rings (SSSR count). The fourth-order valence-electron chi connectivity index (χ4n) is 1.35. The van der Waals surface area contributed by atoms with Crippen molar-refractivity contribution in [3.63, 3.8) is 0 Å². The minimum atomic E-state index is -0.420. The van der Waals surface area contributed by atoms with E-state index in [1.807, 2.05) is 0 Å². The molecule has 3 amide bonds. The molecule has 20 heavy (non-hydrogen) atoms. The molecule has 0 radical (unpaired) electrons. The first-order valence-electron chi connectivity index (χ1n) is 5.94. The summed E-state index contributed by atoms with van der Waals surface area (Å²) in [5.41, 5.74) is 2.88. The number of hydrogen-bond acceptors (Lipinski definition) is 2. The van der Waals surface area contributed by atoms with Crippen molar-refractivity contribution in [1.82, 2.24) is 10.2 Å². The summed E-state index contributed by atoms with van der Waals surface area (Å²) in [4.78, 5) is 24.3. The Labute approximate surface area is 116 Å². The lowest BCUT2D eigenvalue weighted by molar-refractivity contribution is -0.124. The van der Waals surface area contributed by atoms with E-state index in [-0.39, 0.29) is 11.7 Å². The lowest BCUT2D eigenvalue weighted by Crippen LogP contribution is -2.37. The Bertz CT molecular complexity index is 522. The van der Waals surface area contributed by atoms with Crippen LogP contribution in [0, 0.1) is 5.82 Å². The number of benzene rings is 1. The number of nitrogens with one attached hydrogen (secondary N) is 2. The van der Waals surface area contributed by atoms with E-state index in [4.69, 9.17) is 0 Å². The number of urea groups is 1. The molecule has 106 valence electrons. The van der Waals surface area contributed by atoms with E-state index in [0.29, 0.717) is 18.8 Å². The first kappa shape index (κ1) is 15.5. The quantitative estimate of drug-likeness (QED) is 0.636. The normalized spacial score (nSPS) is 9.30. The van der Waals surface area contributed by atoms with Gasteiger partial charge in [0.1, 0.15) is 5.82 Å². The second-order valence-corrected chi connectivity index (χ2v) is 4.00. The number of nitrogens with zero attached hydrogens (tertiary/aromatic N) is 1. The number of rotatable bonds is 5. The fourth-order valence-corrected chi connectivity index (χ4v) is 1.35. The first-order chi connectivity index (χ1) is 9.52. The lowest BCUT2D eigenvalue weighted by Gasteiger charge is -2.15. The summed E-state index contributed by atoms with van der Waals surface area (Å²) in [5.74, 6) is -0.605. The molecule has 0 bridgehead atoms. The van der Waals surface area contributed by atoms with Crippen molar-refractivity contribution in [2.75, 3.05) is 25.5 Å². The van der Waals surface area contributed by atoms with E-state index in [9.17, 15) is 14.0 Å². The van der Waals surface area contributed by atoms with Gasteiger partial charge >= 0.3 is 6.03 Å². The van der Waals surface area contributed by atoms with E-state index >= 15 is 0 Å². The summed E-state index contributed by atoms with van der Waals surface area (Å²) in [7, 11) is 1.61. The highest BCUT2D eigenvalue weighted by atomic mass is 19.1. The fraction of sp³-hybridized carbons (Fsp3) is 0.214. The predicted molar refractivity (Wildman–Crippen MR) is 74.8 cm³/mol. The summed E-state index contributed by atoms with van der Waals surface area (Å²) in [6.45, 7) is 3.96. The maximum atomic E-state index is 12.7. The molecular formula is C14H16FN3O2. The molecule has 0 aliphatic carbocycles. The van der Waals surface area contributed by atoms with Crippen LogP contribution in [0.1, 0.15) is 0 Å². The highest BCUT2D eigenvalue weighted by Gasteiger charge is 2.05. The second-order valence-electron chi connectivity index (χ2n) is 4.00. The topological polar surface area (TPSA) is 61.4 Å². The predicted octanol–water partition coefficient (Wildman–Crippen LogP) is 1.75. The molecule has 0 heterocycles. The van der Waals surface area contributed by atoms with Crippen molar-refractivity contribution in [3.8, 4) is 0 Å². The standard InChI is InChI=1S/C14H16FN3O2/c1-3-4-13(19)18(2)10-9-16-14(20)17-12-7-5-11(15)6-8-12/h4-8H,1,9-10H2,2H3,(H2,16,17,20). The van der Waals surface area contributed by atoms with Crippen LogP contribution in [0.5, 0.6) is 0 Å². The summed E-state index contributed by atoms with van der Waals surface area (Å²) in [6, 6.07) is 5.00. The number of anilines is 1. The molecule has 0 aliphatic heterocycles. The highest BCUT2D eigenvalue weighted by molar-refractivity contribution is 5.89. The smallest absolute Gasteiger partial charge is 0.319 e. The van der Waals surface area contributed by atoms with Crippen LogP contribution >= 0.6 is 0 Å². The zero-order chi connectivity index (χ0) is 15.0. The highest BCUT2D eigenvalue weighted by Crippen LogP contribution is 2.07. The van der Waals surface area contributed by atoms with Gasteiger partial charge in [0.15, 0.2) is 0 Å². The number of hydrogen-bond donors (Lipinski definition) is 2. The Balaban J connectivity index is 2.31. The summed E-state index contributed by atoms with van der Waals surface area (Å²) < 4.78 is 12.7. The van der Waals surface area contributed by atoms with Crippen LogP contribution in [0.25, 0.3) is 0 Å². The molecule has 0 atom stereocenters. The van der Waals surface area contributed by atoms with Crippen molar-refractivity contribution >= 4 is 17.6 Å². The van der Waals surface area contributed by atoms with Crippen molar-refractivity contribution in [2.45, 2.75) is 0 Å². The van der Waals surface area contributed by atoms with Gasteiger partial charge in [-0.2, -0.15) is 0 Å². The minimum absolute atomic E-state index is 0.235. The second kappa shape index (κ2) is 7.76. The monoisotopic (exact) mass is 277 g/mol. The number of carbonyl (C=O) groups is 2. The van der Waals surface area contributed by atoms with Gasteiger partial charge in [-0.1, -0.05) is 6.58 Å². The Hall–Kier alpha value is -2.59. The van der Waals surface area contributed by atoms with Gasteiger partial charge in [-0.15, -0.1) is 5.73 Å². The van der Waals surface area contributed by atoms with E-state index in [1.54, 1.807) is 7.05 Å². The number of amides is 3. The van der Waals surface area contributed by atoms with Crippen LogP contribution in [0.3, 0.4) is 0 Å².